The Bertz CT molecular complexity index is 907. The van der Waals surface area contributed by atoms with Gasteiger partial charge in [0.05, 0.1) is 0 Å². The average Bonchev–Trinajstić information content (AvgIpc) is 3.15. The van der Waals surface area contributed by atoms with E-state index in [9.17, 15) is 14.4 Å². The van der Waals surface area contributed by atoms with Crippen molar-refractivity contribution < 1.29 is 28.6 Å². The summed E-state index contributed by atoms with van der Waals surface area (Å²) in [4.78, 5) is 37.6. The van der Waals surface area contributed by atoms with Crippen LogP contribution in [0.1, 0.15) is 226 Å². The number of carbonyl (C=O) groups excluding carboxylic acids is 3. The highest BCUT2D eigenvalue weighted by Gasteiger charge is 2.19. The van der Waals surface area contributed by atoms with Crippen LogP contribution in [0.3, 0.4) is 0 Å². The van der Waals surface area contributed by atoms with Gasteiger partial charge >= 0.3 is 17.9 Å². The van der Waals surface area contributed by atoms with Gasteiger partial charge in [-0.1, -0.05) is 205 Å². The molecule has 0 saturated heterocycles. The van der Waals surface area contributed by atoms with Crippen LogP contribution in [0.5, 0.6) is 0 Å². The molecule has 0 aliphatic carbocycles. The summed E-state index contributed by atoms with van der Waals surface area (Å²) in [5, 5.41) is 0. The van der Waals surface area contributed by atoms with Crippen LogP contribution < -0.4 is 0 Å². The third-order valence-electron chi connectivity index (χ3n) is 9.72. The number of ether oxygens (including phenoxy) is 3. The van der Waals surface area contributed by atoms with Crippen LogP contribution in [0.25, 0.3) is 0 Å². The van der Waals surface area contributed by atoms with Crippen LogP contribution in [0.2, 0.25) is 0 Å². The molecule has 0 rings (SSSR count). The van der Waals surface area contributed by atoms with E-state index < -0.39 is 6.10 Å². The molecule has 0 spiro atoms. The summed E-state index contributed by atoms with van der Waals surface area (Å²) in [6.45, 7) is 6.47. The second-order valence-corrected chi connectivity index (χ2v) is 15.0. The Kier molecular flexibility index (Phi) is 40.5. The monoisotopic (exact) mass is 745 g/mol. The lowest BCUT2D eigenvalue weighted by Gasteiger charge is -2.18. The van der Waals surface area contributed by atoms with Crippen molar-refractivity contribution in [2.24, 2.45) is 0 Å². The van der Waals surface area contributed by atoms with E-state index in [1.807, 2.05) is 0 Å². The van der Waals surface area contributed by atoms with Crippen molar-refractivity contribution in [3.8, 4) is 0 Å². The van der Waals surface area contributed by atoms with Gasteiger partial charge in [0.1, 0.15) is 13.2 Å². The summed E-state index contributed by atoms with van der Waals surface area (Å²) < 4.78 is 16.7. The van der Waals surface area contributed by atoms with Gasteiger partial charge in [0.15, 0.2) is 6.10 Å². The largest absolute Gasteiger partial charge is 0.462 e. The topological polar surface area (TPSA) is 78.9 Å². The molecule has 0 heterocycles. The molecule has 0 aromatic carbocycles. The van der Waals surface area contributed by atoms with E-state index >= 15 is 0 Å². The quantitative estimate of drug-likeness (QED) is 0.0269. The maximum atomic E-state index is 12.7. The minimum atomic E-state index is -0.769. The minimum Gasteiger partial charge on any atom is -0.462 e. The predicted octanol–water partition coefficient (Wildman–Crippen LogP) is 14.2. The van der Waals surface area contributed by atoms with Crippen molar-refractivity contribution in [2.75, 3.05) is 13.2 Å². The summed E-state index contributed by atoms with van der Waals surface area (Å²) in [6, 6.07) is 0. The van der Waals surface area contributed by atoms with Crippen LogP contribution in [-0.4, -0.2) is 37.2 Å². The number of carbonyl (C=O) groups is 3. The van der Waals surface area contributed by atoms with Gasteiger partial charge in [-0.3, -0.25) is 14.4 Å². The molecule has 0 aromatic rings. The first kappa shape index (κ1) is 50.6. The number of rotatable bonds is 40. The zero-order valence-corrected chi connectivity index (χ0v) is 35.0. The summed E-state index contributed by atoms with van der Waals surface area (Å²) in [7, 11) is 0. The van der Waals surface area contributed by atoms with E-state index in [4.69, 9.17) is 14.2 Å². The van der Waals surface area contributed by atoms with Gasteiger partial charge in [0, 0.05) is 19.3 Å². The van der Waals surface area contributed by atoms with Gasteiger partial charge in [0.25, 0.3) is 0 Å². The molecule has 6 heteroatoms. The van der Waals surface area contributed by atoms with E-state index in [1.54, 1.807) is 0 Å². The van der Waals surface area contributed by atoms with E-state index in [0.29, 0.717) is 19.3 Å². The normalized spacial score (nSPS) is 12.3. The summed E-state index contributed by atoms with van der Waals surface area (Å²) in [5.41, 5.74) is 0. The molecule has 6 nitrogen and oxygen atoms in total. The van der Waals surface area contributed by atoms with Crippen molar-refractivity contribution in [3.63, 3.8) is 0 Å². The molecule has 0 bridgehead atoms. The second-order valence-electron chi connectivity index (χ2n) is 15.0. The fraction of sp³-hybridized carbons (Fsp3) is 0.809. The molecule has 0 saturated carbocycles. The van der Waals surface area contributed by atoms with E-state index in [2.05, 4.69) is 57.2 Å². The molecule has 0 N–H and O–H groups in total. The molecule has 1 unspecified atom stereocenters. The fourth-order valence-electron chi connectivity index (χ4n) is 6.32. The summed E-state index contributed by atoms with van der Waals surface area (Å²) in [5.74, 6) is -0.886. The highest BCUT2D eigenvalue weighted by molar-refractivity contribution is 5.71. The Morgan fingerprint density at radius 1 is 0.396 bits per heavy atom. The first-order valence-electron chi connectivity index (χ1n) is 22.5. The fourth-order valence-corrected chi connectivity index (χ4v) is 6.32. The van der Waals surface area contributed by atoms with Gasteiger partial charge in [-0.05, 0) is 38.5 Å². The van der Waals surface area contributed by atoms with Crippen molar-refractivity contribution in [1.82, 2.24) is 0 Å². The van der Waals surface area contributed by atoms with Gasteiger partial charge in [-0.2, -0.15) is 0 Å². The molecule has 53 heavy (non-hydrogen) atoms. The van der Waals surface area contributed by atoms with E-state index in [-0.39, 0.29) is 31.1 Å². The standard InChI is InChI=1S/C47H84O6/c1-4-7-10-13-16-19-21-22-23-24-26-28-31-34-37-40-46(49)52-43-44(42-51-45(48)39-36-33-30-27-18-15-12-9-6-3)53-47(50)41-38-35-32-29-25-20-17-14-11-8-5-2/h7,10,13,16,19,21,44H,4-6,8-9,11-12,14-15,17-18,20,22-43H2,1-3H3/b10-7-,16-13-,21-19-. The zero-order chi connectivity index (χ0) is 38.7. The Labute approximate surface area is 327 Å². The molecule has 0 amide bonds. The van der Waals surface area contributed by atoms with Crippen LogP contribution in [0.4, 0.5) is 0 Å². The lowest BCUT2D eigenvalue weighted by molar-refractivity contribution is -0.167. The molecule has 1 atom stereocenters. The lowest BCUT2D eigenvalue weighted by atomic mass is 10.1. The molecule has 0 aromatic heterocycles. The second kappa shape index (κ2) is 42.4. The van der Waals surface area contributed by atoms with Crippen molar-refractivity contribution in [1.29, 1.82) is 0 Å². The van der Waals surface area contributed by atoms with Gasteiger partial charge in [-0.15, -0.1) is 0 Å². The van der Waals surface area contributed by atoms with Gasteiger partial charge in [0.2, 0.25) is 0 Å². The first-order valence-corrected chi connectivity index (χ1v) is 22.5. The third kappa shape index (κ3) is 40.6. The SMILES string of the molecule is CC\C=C/C=C\C=C/CCCCCCCCCC(=O)OCC(COC(=O)CCCCCCCCCCC)OC(=O)CCCCCCCCCCCCC. The molecule has 0 radical (unpaired) electrons. The van der Waals surface area contributed by atoms with Crippen LogP contribution >= 0.6 is 0 Å². The van der Waals surface area contributed by atoms with Crippen LogP contribution in [0.15, 0.2) is 36.5 Å². The number of hydrogen-bond donors (Lipinski definition) is 0. The lowest BCUT2D eigenvalue weighted by Crippen LogP contribution is -2.30. The Hall–Kier alpha value is -2.37. The maximum Gasteiger partial charge on any atom is 0.306 e. The van der Waals surface area contributed by atoms with E-state index in [1.165, 1.54) is 116 Å². The van der Waals surface area contributed by atoms with Crippen molar-refractivity contribution in [3.05, 3.63) is 36.5 Å². The van der Waals surface area contributed by atoms with Crippen molar-refractivity contribution in [2.45, 2.75) is 232 Å². The number of hydrogen-bond acceptors (Lipinski definition) is 6. The summed E-state index contributed by atoms with van der Waals surface area (Å²) >= 11 is 0. The number of unbranched alkanes of at least 4 members (excludes halogenated alkanes) is 25. The highest BCUT2D eigenvalue weighted by Crippen LogP contribution is 2.15. The van der Waals surface area contributed by atoms with Crippen LogP contribution in [-0.2, 0) is 28.6 Å². The van der Waals surface area contributed by atoms with Crippen LogP contribution in [0, 0.1) is 0 Å². The Balaban J connectivity index is 4.34. The molecular weight excluding hydrogens is 661 g/mol. The number of allylic oxidation sites excluding steroid dienone is 6. The van der Waals surface area contributed by atoms with Gasteiger partial charge in [-0.25, -0.2) is 0 Å². The Morgan fingerprint density at radius 2 is 0.736 bits per heavy atom. The molecule has 308 valence electrons. The van der Waals surface area contributed by atoms with Crippen molar-refractivity contribution >= 4 is 17.9 Å². The van der Waals surface area contributed by atoms with Gasteiger partial charge < -0.3 is 14.2 Å². The maximum absolute atomic E-state index is 12.7. The zero-order valence-electron chi connectivity index (χ0n) is 35.0. The minimum absolute atomic E-state index is 0.0731. The molecule has 0 aliphatic heterocycles. The molecule has 0 aliphatic rings. The first-order chi connectivity index (χ1) is 26.0. The average molecular weight is 745 g/mol. The molecular formula is C47H84O6. The number of esters is 3. The van der Waals surface area contributed by atoms with E-state index in [0.717, 1.165) is 70.6 Å². The molecule has 0 fully saturated rings. The predicted molar refractivity (Wildman–Crippen MR) is 224 cm³/mol. The third-order valence-corrected chi connectivity index (χ3v) is 9.72. The highest BCUT2D eigenvalue weighted by atomic mass is 16.6. The smallest absolute Gasteiger partial charge is 0.306 e. The summed E-state index contributed by atoms with van der Waals surface area (Å²) in [6.07, 6.45) is 46.9. The Morgan fingerprint density at radius 3 is 1.13 bits per heavy atom.